The van der Waals surface area contributed by atoms with Crippen molar-refractivity contribution in [3.8, 4) is 0 Å². The molecule has 3 nitrogen and oxygen atoms in total. The minimum absolute atomic E-state index is 0.150. The molecule has 4 heteroatoms. The summed E-state index contributed by atoms with van der Waals surface area (Å²) in [5.74, 6) is -0.302. The van der Waals surface area contributed by atoms with Crippen LogP contribution in [0.3, 0.4) is 0 Å². The first-order valence-electron chi connectivity index (χ1n) is 4.21. The third-order valence-electron chi connectivity index (χ3n) is 1.92. The molecule has 14 heavy (non-hydrogen) atoms. The summed E-state index contributed by atoms with van der Waals surface area (Å²) in [7, 11) is 1.36. The topological polar surface area (TPSA) is 38.3 Å². The van der Waals surface area contributed by atoms with E-state index in [2.05, 4.69) is 10.1 Å². The SMILES string of the molecule is COC(=O)CNc1cccc(Cl)c1C. The van der Waals surface area contributed by atoms with Crippen molar-refractivity contribution in [2.24, 2.45) is 0 Å². The van der Waals surface area contributed by atoms with Crippen LogP contribution in [0, 0.1) is 6.92 Å². The predicted molar refractivity (Wildman–Crippen MR) is 56.7 cm³/mol. The van der Waals surface area contributed by atoms with E-state index in [0.29, 0.717) is 5.02 Å². The number of carbonyl (C=O) groups is 1. The molecule has 1 rings (SSSR count). The van der Waals surface area contributed by atoms with Gasteiger partial charge in [-0.3, -0.25) is 4.79 Å². The van der Waals surface area contributed by atoms with Crippen molar-refractivity contribution in [1.82, 2.24) is 0 Å². The highest BCUT2D eigenvalue weighted by Crippen LogP contribution is 2.22. The molecule has 0 aliphatic rings. The Morgan fingerprint density at radius 3 is 2.93 bits per heavy atom. The molecule has 0 radical (unpaired) electrons. The second-order valence-corrected chi connectivity index (χ2v) is 3.25. The molecule has 0 amide bonds. The third-order valence-corrected chi connectivity index (χ3v) is 2.33. The smallest absolute Gasteiger partial charge is 0.325 e. The molecule has 1 aromatic rings. The van der Waals surface area contributed by atoms with Crippen molar-refractivity contribution in [2.75, 3.05) is 19.0 Å². The number of rotatable bonds is 3. The van der Waals surface area contributed by atoms with Gasteiger partial charge in [0.1, 0.15) is 6.54 Å². The number of methoxy groups -OCH3 is 1. The molecule has 0 aliphatic heterocycles. The largest absolute Gasteiger partial charge is 0.468 e. The van der Waals surface area contributed by atoms with Crippen LogP contribution in [0.15, 0.2) is 18.2 Å². The first-order chi connectivity index (χ1) is 6.65. The molecular formula is C10H12ClNO2. The molecule has 0 heterocycles. The molecule has 0 saturated carbocycles. The highest BCUT2D eigenvalue weighted by atomic mass is 35.5. The van der Waals surface area contributed by atoms with Crippen LogP contribution in [0.5, 0.6) is 0 Å². The maximum atomic E-state index is 10.9. The number of hydrogen-bond donors (Lipinski definition) is 1. The summed E-state index contributed by atoms with van der Waals surface area (Å²) >= 11 is 5.91. The fourth-order valence-corrected chi connectivity index (χ4v) is 1.21. The van der Waals surface area contributed by atoms with Crippen molar-refractivity contribution >= 4 is 23.3 Å². The van der Waals surface area contributed by atoms with Crippen LogP contribution >= 0.6 is 11.6 Å². The first-order valence-corrected chi connectivity index (χ1v) is 4.58. The zero-order valence-corrected chi connectivity index (χ0v) is 8.89. The lowest BCUT2D eigenvalue weighted by atomic mass is 10.2. The lowest BCUT2D eigenvalue weighted by Gasteiger charge is -2.08. The number of benzene rings is 1. The van der Waals surface area contributed by atoms with Crippen molar-refractivity contribution < 1.29 is 9.53 Å². The Bertz CT molecular complexity index is 339. The van der Waals surface area contributed by atoms with E-state index in [4.69, 9.17) is 11.6 Å². The fourth-order valence-electron chi connectivity index (χ4n) is 1.04. The Balaban J connectivity index is 2.68. The van der Waals surface area contributed by atoms with E-state index in [0.717, 1.165) is 11.3 Å². The number of nitrogens with one attached hydrogen (secondary N) is 1. The molecule has 0 aromatic heterocycles. The van der Waals surface area contributed by atoms with Crippen LogP contribution in [0.1, 0.15) is 5.56 Å². The predicted octanol–water partition coefficient (Wildman–Crippen LogP) is 2.23. The molecule has 1 N–H and O–H groups in total. The molecular weight excluding hydrogens is 202 g/mol. The molecule has 0 spiro atoms. The van der Waals surface area contributed by atoms with Crippen LogP contribution in [0.25, 0.3) is 0 Å². The van der Waals surface area contributed by atoms with E-state index in [-0.39, 0.29) is 12.5 Å². The highest BCUT2D eigenvalue weighted by Gasteiger charge is 2.03. The van der Waals surface area contributed by atoms with Crippen LogP contribution in [0.4, 0.5) is 5.69 Å². The maximum Gasteiger partial charge on any atom is 0.325 e. The molecule has 76 valence electrons. The van der Waals surface area contributed by atoms with E-state index in [1.165, 1.54) is 7.11 Å². The Labute approximate surface area is 88.0 Å². The molecule has 0 aliphatic carbocycles. The highest BCUT2D eigenvalue weighted by molar-refractivity contribution is 6.31. The molecule has 0 fully saturated rings. The Hall–Kier alpha value is -1.22. The summed E-state index contributed by atoms with van der Waals surface area (Å²) in [6, 6.07) is 5.50. The summed E-state index contributed by atoms with van der Waals surface area (Å²) in [4.78, 5) is 10.9. The number of hydrogen-bond acceptors (Lipinski definition) is 3. The Morgan fingerprint density at radius 2 is 2.29 bits per heavy atom. The van der Waals surface area contributed by atoms with Crippen molar-refractivity contribution in [2.45, 2.75) is 6.92 Å². The van der Waals surface area contributed by atoms with Gasteiger partial charge in [-0.25, -0.2) is 0 Å². The first kappa shape index (κ1) is 10.9. The van der Waals surface area contributed by atoms with Crippen molar-refractivity contribution in [3.63, 3.8) is 0 Å². The normalized spacial score (nSPS) is 9.64. The number of anilines is 1. The number of esters is 1. The zero-order valence-electron chi connectivity index (χ0n) is 8.13. The van der Waals surface area contributed by atoms with E-state index < -0.39 is 0 Å². The van der Waals surface area contributed by atoms with E-state index in [1.54, 1.807) is 6.07 Å². The quantitative estimate of drug-likeness (QED) is 0.783. The number of halogens is 1. The van der Waals surface area contributed by atoms with E-state index in [9.17, 15) is 4.79 Å². The zero-order chi connectivity index (χ0) is 10.6. The summed E-state index contributed by atoms with van der Waals surface area (Å²) in [5, 5.41) is 3.63. The summed E-state index contributed by atoms with van der Waals surface area (Å²) in [6.45, 7) is 2.04. The maximum absolute atomic E-state index is 10.9. The van der Waals surface area contributed by atoms with Gasteiger partial charge in [0.15, 0.2) is 0 Å². The van der Waals surface area contributed by atoms with Gasteiger partial charge in [-0.2, -0.15) is 0 Å². The average Bonchev–Trinajstić information content (AvgIpc) is 2.20. The molecule has 0 unspecified atom stereocenters. The second-order valence-electron chi connectivity index (χ2n) is 2.84. The van der Waals surface area contributed by atoms with Crippen LogP contribution in [-0.4, -0.2) is 19.6 Å². The summed E-state index contributed by atoms with van der Waals surface area (Å²) in [6.07, 6.45) is 0. The lowest BCUT2D eigenvalue weighted by Crippen LogP contribution is -2.15. The second kappa shape index (κ2) is 4.86. The van der Waals surface area contributed by atoms with Crippen LogP contribution in [0.2, 0.25) is 5.02 Å². The third kappa shape index (κ3) is 2.64. The van der Waals surface area contributed by atoms with E-state index >= 15 is 0 Å². The van der Waals surface area contributed by atoms with Crippen LogP contribution < -0.4 is 5.32 Å². The number of carbonyl (C=O) groups excluding carboxylic acids is 1. The van der Waals surface area contributed by atoms with Gasteiger partial charge >= 0.3 is 5.97 Å². The van der Waals surface area contributed by atoms with Crippen molar-refractivity contribution in [1.29, 1.82) is 0 Å². The molecule has 0 saturated heterocycles. The Morgan fingerprint density at radius 1 is 1.57 bits per heavy atom. The minimum atomic E-state index is -0.302. The van der Waals surface area contributed by atoms with Gasteiger partial charge < -0.3 is 10.1 Å². The van der Waals surface area contributed by atoms with Crippen LogP contribution in [-0.2, 0) is 9.53 Å². The summed E-state index contributed by atoms with van der Waals surface area (Å²) < 4.78 is 4.51. The van der Waals surface area contributed by atoms with E-state index in [1.807, 2.05) is 19.1 Å². The standard InChI is InChI=1S/C10H12ClNO2/c1-7-8(11)4-3-5-9(7)12-6-10(13)14-2/h3-5,12H,6H2,1-2H3. The van der Waals surface area contributed by atoms with Gasteiger partial charge in [-0.05, 0) is 24.6 Å². The molecule has 1 aromatic carbocycles. The monoisotopic (exact) mass is 213 g/mol. The van der Waals surface area contributed by atoms with Gasteiger partial charge in [0.05, 0.1) is 7.11 Å². The van der Waals surface area contributed by atoms with Crippen molar-refractivity contribution in [3.05, 3.63) is 28.8 Å². The Kier molecular flexibility index (Phi) is 3.77. The lowest BCUT2D eigenvalue weighted by molar-refractivity contribution is -0.138. The van der Waals surface area contributed by atoms with Gasteiger partial charge in [0.25, 0.3) is 0 Å². The summed E-state index contributed by atoms with van der Waals surface area (Å²) in [5.41, 5.74) is 1.78. The van der Waals surface area contributed by atoms with Gasteiger partial charge in [-0.15, -0.1) is 0 Å². The number of ether oxygens (including phenoxy) is 1. The molecule has 0 bridgehead atoms. The fraction of sp³-hybridized carbons (Fsp3) is 0.300. The average molecular weight is 214 g/mol. The van der Waals surface area contributed by atoms with Gasteiger partial charge in [0.2, 0.25) is 0 Å². The van der Waals surface area contributed by atoms with Gasteiger partial charge in [0, 0.05) is 10.7 Å². The van der Waals surface area contributed by atoms with Gasteiger partial charge in [-0.1, -0.05) is 17.7 Å². The minimum Gasteiger partial charge on any atom is -0.468 e. The molecule has 0 atom stereocenters.